The van der Waals surface area contributed by atoms with Crippen molar-refractivity contribution in [3.8, 4) is 0 Å². The Morgan fingerprint density at radius 2 is 2.23 bits per heavy atom. The Hall–Kier alpha value is -1.00. The van der Waals surface area contributed by atoms with E-state index in [1.165, 1.54) is 0 Å². The summed E-state index contributed by atoms with van der Waals surface area (Å²) < 4.78 is 0. The first kappa shape index (κ1) is 10.1. The number of aliphatic hydroxyl groups is 2. The van der Waals surface area contributed by atoms with Crippen LogP contribution < -0.4 is 5.73 Å². The van der Waals surface area contributed by atoms with Crippen molar-refractivity contribution in [2.24, 2.45) is 5.73 Å². The van der Waals surface area contributed by atoms with Crippen LogP contribution in [-0.4, -0.2) is 41.4 Å². The van der Waals surface area contributed by atoms with Gasteiger partial charge in [-0.3, -0.25) is 0 Å². The minimum atomic E-state index is -0.0896. The number of hydrogen-bond acceptors (Lipinski definition) is 4. The molecule has 1 rings (SSSR count). The average Bonchev–Trinajstić information content (AvgIpc) is 2.13. The maximum Gasteiger partial charge on any atom is 0.119 e. The molecule has 13 heavy (non-hydrogen) atoms. The summed E-state index contributed by atoms with van der Waals surface area (Å²) in [6.45, 7) is 2.06. The van der Waals surface area contributed by atoms with Gasteiger partial charge < -0.3 is 20.8 Å². The highest BCUT2D eigenvalue weighted by atomic mass is 16.3. The molecule has 4 nitrogen and oxygen atoms in total. The molecular formula is C9H16N2O2. The third-order valence-electron chi connectivity index (χ3n) is 2.44. The lowest BCUT2D eigenvalue weighted by atomic mass is 9.99. The Kier molecular flexibility index (Phi) is 2.95. The molecule has 0 spiro atoms. The predicted octanol–water partition coefficient (Wildman–Crippen LogP) is -0.0327. The normalized spacial score (nSPS) is 23.5. The molecule has 0 amide bonds. The molecule has 4 heteroatoms. The maximum absolute atomic E-state index is 9.72. The molecule has 0 aromatic rings. The largest absolute Gasteiger partial charge is 0.510 e. The molecule has 74 valence electrons. The lowest BCUT2D eigenvalue weighted by Gasteiger charge is -2.30. The highest BCUT2D eigenvalue weighted by Gasteiger charge is 2.22. The van der Waals surface area contributed by atoms with Crippen LogP contribution in [0.15, 0.2) is 23.1 Å². The Labute approximate surface area is 78.0 Å². The highest BCUT2D eigenvalue weighted by molar-refractivity contribution is 5.38. The first-order valence-electron chi connectivity index (χ1n) is 4.27. The molecule has 0 bridgehead atoms. The van der Waals surface area contributed by atoms with E-state index in [-0.39, 0.29) is 25.0 Å². The van der Waals surface area contributed by atoms with Gasteiger partial charge in [-0.2, -0.15) is 0 Å². The zero-order valence-corrected chi connectivity index (χ0v) is 7.99. The van der Waals surface area contributed by atoms with E-state index < -0.39 is 0 Å². The summed E-state index contributed by atoms with van der Waals surface area (Å²) in [6, 6.07) is -0.0613. The standard InChI is InChI=1S/C9H16N2O2/c1-6-9(13)8(3-10)7(5-12)4-11(6)2/h4,6,12-13H,3,5,10H2,1-2H3. The summed E-state index contributed by atoms with van der Waals surface area (Å²) in [5.41, 5.74) is 6.83. The van der Waals surface area contributed by atoms with Crippen molar-refractivity contribution in [3.05, 3.63) is 23.1 Å². The molecule has 0 radical (unpaired) electrons. The Balaban J connectivity index is 3.04. The monoisotopic (exact) mass is 184 g/mol. The van der Waals surface area contributed by atoms with Gasteiger partial charge in [0.15, 0.2) is 0 Å². The van der Waals surface area contributed by atoms with Crippen molar-refractivity contribution >= 4 is 0 Å². The van der Waals surface area contributed by atoms with Crippen molar-refractivity contribution < 1.29 is 10.2 Å². The number of rotatable bonds is 2. The van der Waals surface area contributed by atoms with E-state index in [0.717, 1.165) is 0 Å². The third-order valence-corrected chi connectivity index (χ3v) is 2.44. The molecule has 0 aromatic carbocycles. The van der Waals surface area contributed by atoms with Gasteiger partial charge in [0.05, 0.1) is 12.6 Å². The topological polar surface area (TPSA) is 69.7 Å². The van der Waals surface area contributed by atoms with Gasteiger partial charge in [-0.25, -0.2) is 0 Å². The predicted molar refractivity (Wildman–Crippen MR) is 51.1 cm³/mol. The second kappa shape index (κ2) is 3.81. The number of likely N-dealkylation sites (N-methyl/N-ethyl adjacent to an activating group) is 1. The fourth-order valence-electron chi connectivity index (χ4n) is 1.42. The molecule has 4 N–H and O–H groups in total. The van der Waals surface area contributed by atoms with Gasteiger partial charge in [-0.1, -0.05) is 0 Å². The van der Waals surface area contributed by atoms with Crippen LogP contribution in [0.2, 0.25) is 0 Å². The van der Waals surface area contributed by atoms with E-state index in [0.29, 0.717) is 11.1 Å². The van der Waals surface area contributed by atoms with Crippen molar-refractivity contribution in [2.75, 3.05) is 20.2 Å². The summed E-state index contributed by atoms with van der Waals surface area (Å²) in [6.07, 6.45) is 1.81. The van der Waals surface area contributed by atoms with Gasteiger partial charge in [0.25, 0.3) is 0 Å². The SMILES string of the molecule is CC1C(O)=C(CN)C(CO)=CN1C. The van der Waals surface area contributed by atoms with E-state index >= 15 is 0 Å². The van der Waals surface area contributed by atoms with Crippen LogP contribution in [0.4, 0.5) is 0 Å². The van der Waals surface area contributed by atoms with E-state index in [2.05, 4.69) is 0 Å². The van der Waals surface area contributed by atoms with Crippen LogP contribution in [-0.2, 0) is 0 Å². The third kappa shape index (κ3) is 1.68. The first-order valence-corrected chi connectivity index (χ1v) is 4.27. The second-order valence-electron chi connectivity index (χ2n) is 3.22. The minimum absolute atomic E-state index is 0.0613. The molecule has 1 aliphatic heterocycles. The highest BCUT2D eigenvalue weighted by Crippen LogP contribution is 2.23. The van der Waals surface area contributed by atoms with Crippen molar-refractivity contribution in [2.45, 2.75) is 13.0 Å². The summed E-state index contributed by atoms with van der Waals surface area (Å²) >= 11 is 0. The second-order valence-corrected chi connectivity index (χ2v) is 3.22. The van der Waals surface area contributed by atoms with Crippen molar-refractivity contribution in [1.29, 1.82) is 0 Å². The smallest absolute Gasteiger partial charge is 0.119 e. The van der Waals surface area contributed by atoms with Gasteiger partial charge in [-0.15, -0.1) is 0 Å². The van der Waals surface area contributed by atoms with Gasteiger partial charge >= 0.3 is 0 Å². The zero-order valence-electron chi connectivity index (χ0n) is 7.99. The van der Waals surface area contributed by atoms with Crippen molar-refractivity contribution in [3.63, 3.8) is 0 Å². The molecule has 0 fully saturated rings. The first-order chi connectivity index (χ1) is 6.11. The minimum Gasteiger partial charge on any atom is -0.510 e. The summed E-state index contributed by atoms with van der Waals surface area (Å²) in [4.78, 5) is 1.85. The van der Waals surface area contributed by atoms with E-state index in [1.54, 1.807) is 0 Å². The molecule has 1 unspecified atom stereocenters. The number of nitrogens with two attached hydrogens (primary N) is 1. The molecule has 0 saturated heterocycles. The molecule has 1 atom stereocenters. The Morgan fingerprint density at radius 1 is 1.62 bits per heavy atom. The van der Waals surface area contributed by atoms with Gasteiger partial charge in [0, 0.05) is 30.9 Å². The lowest BCUT2D eigenvalue weighted by Crippen LogP contribution is -2.33. The number of aliphatic hydroxyl groups excluding tert-OH is 2. The van der Waals surface area contributed by atoms with Gasteiger partial charge in [0.2, 0.25) is 0 Å². The van der Waals surface area contributed by atoms with Crippen LogP contribution in [0.1, 0.15) is 6.92 Å². The Morgan fingerprint density at radius 3 is 2.69 bits per heavy atom. The van der Waals surface area contributed by atoms with E-state index in [4.69, 9.17) is 10.8 Å². The molecule has 1 heterocycles. The maximum atomic E-state index is 9.72. The van der Waals surface area contributed by atoms with Crippen LogP contribution in [0.3, 0.4) is 0 Å². The fraction of sp³-hybridized carbons (Fsp3) is 0.556. The Bertz CT molecular complexity index is 258. The van der Waals surface area contributed by atoms with Gasteiger partial charge in [0.1, 0.15) is 5.76 Å². The fourth-order valence-corrected chi connectivity index (χ4v) is 1.42. The van der Waals surface area contributed by atoms with Crippen LogP contribution >= 0.6 is 0 Å². The van der Waals surface area contributed by atoms with Crippen LogP contribution in [0.25, 0.3) is 0 Å². The van der Waals surface area contributed by atoms with Gasteiger partial charge in [-0.05, 0) is 6.92 Å². The number of hydrogen-bond donors (Lipinski definition) is 3. The lowest BCUT2D eigenvalue weighted by molar-refractivity contribution is 0.253. The summed E-state index contributed by atoms with van der Waals surface area (Å²) in [5, 5.41) is 18.7. The van der Waals surface area contributed by atoms with E-state index in [1.807, 2.05) is 25.1 Å². The molecule has 0 aromatic heterocycles. The zero-order chi connectivity index (χ0) is 10.0. The van der Waals surface area contributed by atoms with Crippen LogP contribution in [0, 0.1) is 0 Å². The number of nitrogens with zero attached hydrogens (tertiary/aromatic N) is 1. The molecule has 0 aliphatic carbocycles. The summed E-state index contributed by atoms with van der Waals surface area (Å²) in [5.74, 6) is 0.261. The molecule has 1 aliphatic rings. The molecule has 0 saturated carbocycles. The van der Waals surface area contributed by atoms with Crippen molar-refractivity contribution in [1.82, 2.24) is 4.90 Å². The summed E-state index contributed by atoms with van der Waals surface area (Å²) in [7, 11) is 1.85. The van der Waals surface area contributed by atoms with E-state index in [9.17, 15) is 5.11 Å². The van der Waals surface area contributed by atoms with Crippen LogP contribution in [0.5, 0.6) is 0 Å². The quantitative estimate of drug-likeness (QED) is 0.563. The molecular weight excluding hydrogens is 168 g/mol. The average molecular weight is 184 g/mol.